The molecule has 1 saturated carbocycles. The first-order chi connectivity index (χ1) is 17.0. The van der Waals surface area contributed by atoms with Gasteiger partial charge >= 0.3 is 5.69 Å². The SMILES string of the molecule is CCCCCCCCCCCCCCCC(=O)Nc1ccn(C2C[C@H](CO)[C@@H](O)[C@@H]2C#N)c(=O)n1. The Labute approximate surface area is 209 Å². The third-order valence-corrected chi connectivity index (χ3v) is 7.16. The van der Waals surface area contributed by atoms with Crippen LogP contribution >= 0.6 is 0 Å². The zero-order chi connectivity index (χ0) is 25.5. The summed E-state index contributed by atoms with van der Waals surface area (Å²) < 4.78 is 1.31. The van der Waals surface area contributed by atoms with Crippen LogP contribution < -0.4 is 11.0 Å². The van der Waals surface area contributed by atoms with Gasteiger partial charge in [0.25, 0.3) is 0 Å². The van der Waals surface area contributed by atoms with Crippen molar-refractivity contribution in [1.29, 1.82) is 5.26 Å². The van der Waals surface area contributed by atoms with Gasteiger partial charge in [-0.3, -0.25) is 9.36 Å². The van der Waals surface area contributed by atoms with Crippen molar-refractivity contribution in [2.24, 2.45) is 11.8 Å². The summed E-state index contributed by atoms with van der Waals surface area (Å²) in [5, 5.41) is 31.6. The Balaban J connectivity index is 1.62. The third-order valence-electron chi connectivity index (χ3n) is 7.16. The minimum Gasteiger partial charge on any atom is -0.396 e. The number of amides is 1. The minimum atomic E-state index is -0.985. The van der Waals surface area contributed by atoms with E-state index in [9.17, 15) is 25.1 Å². The average molecular weight is 489 g/mol. The highest BCUT2D eigenvalue weighted by Gasteiger charge is 2.43. The van der Waals surface area contributed by atoms with Crippen LogP contribution in [0.5, 0.6) is 0 Å². The molecule has 1 amide bonds. The van der Waals surface area contributed by atoms with Crippen LogP contribution in [0.15, 0.2) is 17.1 Å². The van der Waals surface area contributed by atoms with Crippen molar-refractivity contribution in [3.63, 3.8) is 0 Å². The van der Waals surface area contributed by atoms with E-state index in [0.717, 1.165) is 19.3 Å². The van der Waals surface area contributed by atoms with Crippen molar-refractivity contribution >= 4 is 11.7 Å². The summed E-state index contributed by atoms with van der Waals surface area (Å²) in [6.07, 6.45) is 17.5. The van der Waals surface area contributed by atoms with Crippen LogP contribution in [0.3, 0.4) is 0 Å². The maximum atomic E-state index is 12.5. The van der Waals surface area contributed by atoms with Gasteiger partial charge in [-0.25, -0.2) is 4.79 Å². The molecule has 2 rings (SSSR count). The smallest absolute Gasteiger partial charge is 0.349 e. The number of aromatic nitrogens is 2. The number of aliphatic hydroxyl groups is 2. The molecule has 1 aliphatic carbocycles. The minimum absolute atomic E-state index is 0.163. The molecule has 0 aromatic carbocycles. The Morgan fingerprint density at radius 3 is 2.17 bits per heavy atom. The zero-order valence-electron chi connectivity index (χ0n) is 21.3. The number of nitrogens with zero attached hydrogens (tertiary/aromatic N) is 3. The van der Waals surface area contributed by atoms with Gasteiger partial charge in [0, 0.05) is 25.1 Å². The number of unbranched alkanes of at least 4 members (excludes halogenated alkanes) is 12. The van der Waals surface area contributed by atoms with Crippen LogP contribution in [0.2, 0.25) is 0 Å². The monoisotopic (exact) mass is 488 g/mol. The quantitative estimate of drug-likeness (QED) is 0.272. The van der Waals surface area contributed by atoms with Gasteiger partial charge in [-0.05, 0) is 18.9 Å². The molecule has 1 aliphatic rings. The van der Waals surface area contributed by atoms with E-state index in [1.54, 1.807) is 0 Å². The summed E-state index contributed by atoms with van der Waals surface area (Å²) in [7, 11) is 0. The second-order valence-corrected chi connectivity index (χ2v) is 9.93. The van der Waals surface area contributed by atoms with Gasteiger partial charge < -0.3 is 15.5 Å². The van der Waals surface area contributed by atoms with Gasteiger partial charge in [-0.15, -0.1) is 0 Å². The summed E-state index contributed by atoms with van der Waals surface area (Å²) in [4.78, 5) is 28.7. The van der Waals surface area contributed by atoms with Gasteiger partial charge in [0.2, 0.25) is 5.91 Å². The van der Waals surface area contributed by atoms with Gasteiger partial charge in [0.1, 0.15) is 5.82 Å². The second-order valence-electron chi connectivity index (χ2n) is 9.93. The molecule has 0 spiro atoms. The van der Waals surface area contributed by atoms with E-state index < -0.39 is 29.7 Å². The lowest BCUT2D eigenvalue weighted by Crippen LogP contribution is -2.31. The predicted molar refractivity (Wildman–Crippen MR) is 137 cm³/mol. The first-order valence-corrected chi connectivity index (χ1v) is 13.6. The number of nitrogens with one attached hydrogen (secondary N) is 1. The molecule has 0 aliphatic heterocycles. The Morgan fingerprint density at radius 1 is 1.09 bits per heavy atom. The number of hydrogen-bond donors (Lipinski definition) is 3. The number of hydrogen-bond acceptors (Lipinski definition) is 6. The van der Waals surface area contributed by atoms with Gasteiger partial charge in [-0.2, -0.15) is 10.2 Å². The van der Waals surface area contributed by atoms with Crippen molar-refractivity contribution in [2.75, 3.05) is 11.9 Å². The van der Waals surface area contributed by atoms with Crippen molar-refractivity contribution in [1.82, 2.24) is 9.55 Å². The van der Waals surface area contributed by atoms with E-state index in [2.05, 4.69) is 17.2 Å². The van der Waals surface area contributed by atoms with E-state index in [1.165, 1.54) is 81.0 Å². The van der Waals surface area contributed by atoms with Crippen LogP contribution in [-0.4, -0.2) is 38.4 Å². The summed E-state index contributed by atoms with van der Waals surface area (Å²) in [5.41, 5.74) is -0.584. The topological polar surface area (TPSA) is 128 Å². The van der Waals surface area contributed by atoms with Crippen molar-refractivity contribution in [3.05, 3.63) is 22.7 Å². The summed E-state index contributed by atoms with van der Waals surface area (Å²) in [6.45, 7) is 2.00. The maximum Gasteiger partial charge on any atom is 0.349 e. The molecular formula is C27H44N4O4. The summed E-state index contributed by atoms with van der Waals surface area (Å²) >= 11 is 0. The molecule has 4 atom stereocenters. The van der Waals surface area contributed by atoms with Crippen LogP contribution in [0.1, 0.15) is 109 Å². The standard InChI is InChI=1S/C27H44N4O4/c1-2-3-4-5-6-7-8-9-10-11-12-13-14-15-25(33)29-24-16-17-31(27(35)30-24)23-18-21(20-32)26(34)22(23)19-28/h16-17,21-23,26,32,34H,2-15,18,20H2,1H3,(H,29,30,33,35)/t21-,22-,23?,26-/m1/s1. The molecule has 1 aromatic heterocycles. The number of aliphatic hydroxyl groups excluding tert-OH is 2. The highest BCUT2D eigenvalue weighted by molar-refractivity contribution is 5.89. The number of nitriles is 1. The van der Waals surface area contributed by atoms with E-state index in [4.69, 9.17) is 0 Å². The summed E-state index contributed by atoms with van der Waals surface area (Å²) in [6, 6.07) is 3.03. The largest absolute Gasteiger partial charge is 0.396 e. The van der Waals surface area contributed by atoms with Crippen LogP contribution in [0.25, 0.3) is 0 Å². The molecule has 0 bridgehead atoms. The molecule has 1 aromatic rings. The molecule has 0 saturated heterocycles. The molecule has 8 nitrogen and oxygen atoms in total. The molecule has 8 heteroatoms. The van der Waals surface area contributed by atoms with Gasteiger partial charge in [-0.1, -0.05) is 84.0 Å². The van der Waals surface area contributed by atoms with Crippen molar-refractivity contribution < 1.29 is 15.0 Å². The normalized spacial score (nSPS) is 21.7. The molecule has 35 heavy (non-hydrogen) atoms. The fraction of sp³-hybridized carbons (Fsp3) is 0.778. The Kier molecular flexibility index (Phi) is 13.6. The zero-order valence-corrected chi connectivity index (χ0v) is 21.3. The highest BCUT2D eigenvalue weighted by Crippen LogP contribution is 2.38. The van der Waals surface area contributed by atoms with Crippen LogP contribution in [-0.2, 0) is 4.79 Å². The Bertz CT molecular complexity index is 850. The van der Waals surface area contributed by atoms with Crippen molar-refractivity contribution in [3.8, 4) is 6.07 Å². The molecule has 0 radical (unpaired) electrons. The second kappa shape index (κ2) is 16.4. The lowest BCUT2D eigenvalue weighted by molar-refractivity contribution is -0.116. The fourth-order valence-electron chi connectivity index (χ4n) is 4.99. The predicted octanol–water partition coefficient (Wildman–Crippen LogP) is 4.72. The fourth-order valence-corrected chi connectivity index (χ4v) is 4.99. The number of anilines is 1. The molecule has 1 unspecified atom stereocenters. The number of rotatable bonds is 17. The number of carbonyl (C=O) groups excluding carboxylic acids is 1. The average Bonchev–Trinajstić information content (AvgIpc) is 3.17. The Morgan fingerprint density at radius 2 is 1.66 bits per heavy atom. The van der Waals surface area contributed by atoms with E-state index in [-0.39, 0.29) is 18.3 Å². The third kappa shape index (κ3) is 9.73. The Hall–Kier alpha value is -2.24. The van der Waals surface area contributed by atoms with E-state index in [1.807, 2.05) is 6.07 Å². The van der Waals surface area contributed by atoms with Gasteiger partial charge in [0.15, 0.2) is 0 Å². The van der Waals surface area contributed by atoms with E-state index >= 15 is 0 Å². The molecule has 1 heterocycles. The molecule has 1 fully saturated rings. The first-order valence-electron chi connectivity index (χ1n) is 13.6. The van der Waals surface area contributed by atoms with Crippen LogP contribution in [0.4, 0.5) is 5.82 Å². The molecular weight excluding hydrogens is 444 g/mol. The van der Waals surface area contributed by atoms with E-state index in [0.29, 0.717) is 12.8 Å². The lowest BCUT2D eigenvalue weighted by atomic mass is 10.0. The first kappa shape index (κ1) is 29.0. The molecule has 196 valence electrons. The lowest BCUT2D eigenvalue weighted by Gasteiger charge is -2.17. The van der Waals surface area contributed by atoms with Crippen molar-refractivity contribution in [2.45, 2.75) is 115 Å². The van der Waals surface area contributed by atoms with Crippen LogP contribution in [0, 0.1) is 23.2 Å². The maximum absolute atomic E-state index is 12.5. The number of carbonyl (C=O) groups is 1. The summed E-state index contributed by atoms with van der Waals surface area (Å²) in [5.74, 6) is -1.21. The molecule has 3 N–H and O–H groups in total. The highest BCUT2D eigenvalue weighted by atomic mass is 16.3. The van der Waals surface area contributed by atoms with Gasteiger partial charge in [0.05, 0.1) is 24.1 Å².